The average molecular weight is 423 g/mol. The third-order valence-corrected chi connectivity index (χ3v) is 8.19. The molecule has 0 saturated carbocycles. The fourth-order valence-electron chi connectivity index (χ4n) is 5.82. The fourth-order valence-corrected chi connectivity index (χ4v) is 6.95. The summed E-state index contributed by atoms with van der Waals surface area (Å²) < 4.78 is 2.60. The van der Waals surface area contributed by atoms with Gasteiger partial charge in [0, 0.05) is 22.0 Å². The van der Waals surface area contributed by atoms with Crippen molar-refractivity contribution >= 4 is 48.0 Å². The molecule has 4 aromatic rings. The molecule has 0 amide bonds. The Morgan fingerprint density at radius 3 is 2.10 bits per heavy atom. The number of hydrogen-bond donors (Lipinski definition) is 0. The van der Waals surface area contributed by atoms with Gasteiger partial charge in [-0.05, 0) is 76.3 Å². The fraction of sp³-hybridized carbons (Fsp3) is 0.286. The molecule has 156 valence electrons. The zero-order valence-corrected chi connectivity index (χ0v) is 20.8. The van der Waals surface area contributed by atoms with Crippen molar-refractivity contribution in [2.75, 3.05) is 6.16 Å². The minimum atomic E-state index is 0.275. The summed E-state index contributed by atoms with van der Waals surface area (Å²) in [5, 5.41) is 1.43. The molecule has 0 N–H and O–H groups in total. The van der Waals surface area contributed by atoms with Crippen LogP contribution in [0.2, 0.25) is 0 Å². The van der Waals surface area contributed by atoms with E-state index < -0.39 is 0 Å². The molecule has 1 unspecified atom stereocenters. The van der Waals surface area contributed by atoms with Gasteiger partial charge in [0.25, 0.3) is 0 Å². The van der Waals surface area contributed by atoms with E-state index in [1.54, 1.807) is 0 Å². The van der Waals surface area contributed by atoms with Gasteiger partial charge in [0.05, 0.1) is 0 Å². The zero-order chi connectivity index (χ0) is 22.0. The first-order valence-electron chi connectivity index (χ1n) is 11.4. The highest BCUT2D eigenvalue weighted by molar-refractivity contribution is 7.47. The summed E-state index contributed by atoms with van der Waals surface area (Å²) in [7, 11) is 0.826. The second-order valence-corrected chi connectivity index (χ2v) is 10.9. The topological polar surface area (TPSA) is 4.93 Å². The van der Waals surface area contributed by atoms with E-state index in [0.29, 0.717) is 0 Å². The van der Waals surface area contributed by atoms with Crippen molar-refractivity contribution in [2.45, 2.75) is 48.5 Å². The van der Waals surface area contributed by atoms with Crippen molar-refractivity contribution in [3.05, 3.63) is 75.8 Å². The molecule has 1 nitrogen and oxygen atoms in total. The molecule has 3 aromatic carbocycles. The number of aryl methyl sites for hydroxylation is 6. The Hall–Kier alpha value is -2.31. The predicted molar refractivity (Wildman–Crippen MR) is 141 cm³/mol. The van der Waals surface area contributed by atoms with E-state index >= 15 is 0 Å². The quantitative estimate of drug-likeness (QED) is 0.295. The van der Waals surface area contributed by atoms with Crippen molar-refractivity contribution in [3.8, 4) is 5.69 Å². The Bertz CT molecular complexity index is 1340. The third kappa shape index (κ3) is 3.03. The summed E-state index contributed by atoms with van der Waals surface area (Å²) in [6, 6.07) is 16.6. The maximum atomic E-state index is 2.60. The molecule has 3 heteroatoms. The van der Waals surface area contributed by atoms with Crippen LogP contribution in [0.4, 0.5) is 0 Å². The molecule has 1 aromatic heterocycles. The lowest BCUT2D eigenvalue weighted by Gasteiger charge is -2.30. The highest BCUT2D eigenvalue weighted by Crippen LogP contribution is 2.31. The predicted octanol–water partition coefficient (Wildman–Crippen LogP) is 4.63. The summed E-state index contributed by atoms with van der Waals surface area (Å²) in [4.78, 5) is 0. The van der Waals surface area contributed by atoms with Gasteiger partial charge >= 0.3 is 0 Å². The Labute approximate surface area is 188 Å². The van der Waals surface area contributed by atoms with E-state index in [0.717, 1.165) is 8.58 Å². The molecule has 1 aliphatic rings. The van der Waals surface area contributed by atoms with Crippen molar-refractivity contribution in [1.82, 2.24) is 4.57 Å². The average Bonchev–Trinajstić information content (AvgIpc) is 2.96. The van der Waals surface area contributed by atoms with Crippen molar-refractivity contribution in [3.63, 3.8) is 0 Å². The summed E-state index contributed by atoms with van der Waals surface area (Å²) in [5.74, 6) is 0. The number of hydrogen-bond acceptors (Lipinski definition) is 0. The molecule has 0 aliphatic carbocycles. The van der Waals surface area contributed by atoms with Crippen LogP contribution in [-0.2, 0) is 0 Å². The smallest absolute Gasteiger partial charge is 0.247 e. The van der Waals surface area contributed by atoms with Crippen LogP contribution < -0.4 is 21.8 Å². The van der Waals surface area contributed by atoms with Gasteiger partial charge in [0.15, 0.2) is 0 Å². The second-order valence-electron chi connectivity index (χ2n) is 9.40. The van der Waals surface area contributed by atoms with Crippen LogP contribution in [0.3, 0.4) is 0 Å². The van der Waals surface area contributed by atoms with Gasteiger partial charge in [-0.1, -0.05) is 79.1 Å². The van der Waals surface area contributed by atoms with Gasteiger partial charge in [-0.15, -0.1) is 0 Å². The molecule has 0 bridgehead atoms. The van der Waals surface area contributed by atoms with Crippen LogP contribution in [-0.4, -0.2) is 17.4 Å². The minimum Gasteiger partial charge on any atom is -0.311 e. The molecule has 0 fully saturated rings. The largest absolute Gasteiger partial charge is 0.311 e. The lowest BCUT2D eigenvalue weighted by Crippen LogP contribution is -2.58. The third-order valence-electron chi connectivity index (χ3n) is 6.91. The van der Waals surface area contributed by atoms with E-state index in [1.807, 2.05) is 0 Å². The van der Waals surface area contributed by atoms with Gasteiger partial charge in [-0.25, -0.2) is 0 Å². The molecule has 0 radical (unpaired) electrons. The van der Waals surface area contributed by atoms with Crippen LogP contribution in [0.15, 0.2) is 42.5 Å². The first-order valence-corrected chi connectivity index (χ1v) is 12.6. The zero-order valence-electron chi connectivity index (χ0n) is 19.8. The number of aromatic nitrogens is 1. The van der Waals surface area contributed by atoms with E-state index in [2.05, 4.69) is 95.5 Å². The van der Waals surface area contributed by atoms with Crippen LogP contribution in [0.5, 0.6) is 0 Å². The molecule has 1 atom stereocenters. The lowest BCUT2D eigenvalue weighted by molar-refractivity contribution is 1.17. The molecule has 1 aliphatic heterocycles. The Kier molecular flexibility index (Phi) is 4.91. The van der Waals surface area contributed by atoms with E-state index in [-0.39, 0.29) is 6.71 Å². The molecule has 2 heterocycles. The van der Waals surface area contributed by atoms with Gasteiger partial charge in [-0.2, -0.15) is 0 Å². The first kappa shape index (κ1) is 20.6. The van der Waals surface area contributed by atoms with Gasteiger partial charge in [0.2, 0.25) is 6.71 Å². The van der Waals surface area contributed by atoms with E-state index in [4.69, 9.17) is 0 Å². The molecule has 31 heavy (non-hydrogen) atoms. The van der Waals surface area contributed by atoms with Crippen LogP contribution in [0, 0.1) is 41.5 Å². The normalized spacial score (nSPS) is 12.9. The monoisotopic (exact) mass is 423 g/mol. The Balaban J connectivity index is 1.98. The van der Waals surface area contributed by atoms with Gasteiger partial charge in [-0.3, -0.25) is 0 Å². The number of benzene rings is 3. The lowest BCUT2D eigenvalue weighted by atomic mass is 9.34. The Morgan fingerprint density at radius 1 is 0.774 bits per heavy atom. The van der Waals surface area contributed by atoms with Crippen LogP contribution >= 0.6 is 8.58 Å². The summed E-state index contributed by atoms with van der Waals surface area (Å²) >= 11 is 0. The van der Waals surface area contributed by atoms with Crippen molar-refractivity contribution in [2.24, 2.45) is 0 Å². The highest BCUT2D eigenvalue weighted by atomic mass is 31.1. The summed E-state index contributed by atoms with van der Waals surface area (Å²) in [5.41, 5.74) is 17.0. The van der Waals surface area contributed by atoms with E-state index in [9.17, 15) is 0 Å². The van der Waals surface area contributed by atoms with Crippen LogP contribution in [0.1, 0.15) is 40.3 Å². The summed E-state index contributed by atoms with van der Waals surface area (Å²) in [6.07, 6.45) is 1.19. The number of nitrogens with zero attached hydrogens (tertiary/aromatic N) is 1. The Morgan fingerprint density at radius 2 is 1.42 bits per heavy atom. The van der Waals surface area contributed by atoms with Gasteiger partial charge in [0.1, 0.15) is 0 Å². The molecular weight excluding hydrogens is 392 g/mol. The first-order chi connectivity index (χ1) is 14.8. The van der Waals surface area contributed by atoms with E-state index in [1.165, 1.54) is 78.0 Å². The van der Waals surface area contributed by atoms with Crippen LogP contribution in [0.25, 0.3) is 16.6 Å². The van der Waals surface area contributed by atoms with Gasteiger partial charge < -0.3 is 4.57 Å². The molecule has 0 spiro atoms. The number of fused-ring (bicyclic) bond motifs is 2. The second kappa shape index (κ2) is 7.39. The van der Waals surface area contributed by atoms with Crippen molar-refractivity contribution in [1.29, 1.82) is 0 Å². The minimum absolute atomic E-state index is 0.275. The highest BCUT2D eigenvalue weighted by Gasteiger charge is 2.36. The maximum absolute atomic E-state index is 2.60. The SMILES string of the molecule is CCPc1c(C)c2cc(C)cc3c2n1-c1ccc(C)cc1B3c1c(C)cc(C)cc1C. The maximum Gasteiger partial charge on any atom is 0.247 e. The molecular formula is C28H31BNP. The molecule has 0 saturated heterocycles. The standard InChI is InChI=1S/C28H31BNP/c1-8-31-28-21(7)22-13-18(4)15-24-27(22)30(28)25-10-9-16(2)14-23(25)29(24)26-19(5)11-17(3)12-20(26)6/h9-15,31H,8H2,1-7H3. The van der Waals surface area contributed by atoms with Crippen molar-refractivity contribution < 1.29 is 0 Å². The summed E-state index contributed by atoms with van der Waals surface area (Å²) in [6.45, 7) is 16.2. The number of rotatable bonds is 3. The molecule has 5 rings (SSSR count).